The lowest BCUT2D eigenvalue weighted by Gasteiger charge is -2.25. The molecule has 1 fully saturated rings. The van der Waals surface area contributed by atoms with Gasteiger partial charge in [-0.3, -0.25) is 9.36 Å². The molecule has 0 saturated heterocycles. The number of rotatable bonds is 7. The van der Waals surface area contributed by atoms with Crippen LogP contribution in [0.25, 0.3) is 11.4 Å². The van der Waals surface area contributed by atoms with Gasteiger partial charge in [0.05, 0.1) is 12.9 Å². The Bertz CT molecular complexity index is 1080. The topological polar surface area (TPSA) is 69.0 Å². The Kier molecular flexibility index (Phi) is 7.04. The molecular formula is C23H24F2N4O2S. The largest absolute Gasteiger partial charge is 0.497 e. The quantitative estimate of drug-likeness (QED) is 0.476. The van der Waals surface area contributed by atoms with Crippen LogP contribution in [0.15, 0.2) is 47.6 Å². The molecule has 3 aromatic rings. The maximum atomic E-state index is 13.4. The van der Waals surface area contributed by atoms with Gasteiger partial charge in [-0.25, -0.2) is 8.78 Å². The van der Waals surface area contributed by atoms with E-state index in [9.17, 15) is 13.6 Å². The lowest BCUT2D eigenvalue weighted by atomic mass is 9.95. The van der Waals surface area contributed by atoms with E-state index in [-0.39, 0.29) is 23.4 Å². The number of nitrogens with zero attached hydrogens (tertiary/aromatic N) is 3. The normalized spacial score (nSPS) is 14.3. The number of amides is 1. The molecule has 9 heteroatoms. The molecule has 1 heterocycles. The first-order valence-electron chi connectivity index (χ1n) is 10.5. The number of carbonyl (C=O) groups is 1. The van der Waals surface area contributed by atoms with Crippen LogP contribution < -0.4 is 10.1 Å². The molecule has 168 valence electrons. The van der Waals surface area contributed by atoms with Crippen LogP contribution in [0.4, 0.5) is 14.5 Å². The maximum Gasteiger partial charge on any atom is 0.234 e. The summed E-state index contributed by atoms with van der Waals surface area (Å²) in [7, 11) is 1.62. The third kappa shape index (κ3) is 5.09. The molecule has 1 aromatic heterocycles. The molecule has 0 bridgehead atoms. The summed E-state index contributed by atoms with van der Waals surface area (Å²) >= 11 is 1.28. The zero-order chi connectivity index (χ0) is 22.5. The zero-order valence-electron chi connectivity index (χ0n) is 17.7. The predicted octanol–water partition coefficient (Wildman–Crippen LogP) is 5.47. The fourth-order valence-corrected chi connectivity index (χ4v) is 4.69. The molecule has 1 amide bonds. The Morgan fingerprint density at radius 2 is 1.84 bits per heavy atom. The highest BCUT2D eigenvalue weighted by Crippen LogP contribution is 2.36. The van der Waals surface area contributed by atoms with Crippen LogP contribution in [0.1, 0.15) is 38.1 Å². The van der Waals surface area contributed by atoms with Gasteiger partial charge in [-0.05, 0) is 49.2 Å². The van der Waals surface area contributed by atoms with Crippen molar-refractivity contribution in [1.29, 1.82) is 0 Å². The van der Waals surface area contributed by atoms with E-state index in [1.54, 1.807) is 7.11 Å². The van der Waals surface area contributed by atoms with Gasteiger partial charge in [0.2, 0.25) is 5.91 Å². The van der Waals surface area contributed by atoms with Crippen molar-refractivity contribution in [1.82, 2.24) is 14.8 Å². The Morgan fingerprint density at radius 1 is 1.09 bits per heavy atom. The smallest absolute Gasteiger partial charge is 0.234 e. The molecule has 32 heavy (non-hydrogen) atoms. The van der Waals surface area contributed by atoms with Crippen LogP contribution in [-0.4, -0.2) is 33.5 Å². The van der Waals surface area contributed by atoms with Gasteiger partial charge in [0.15, 0.2) is 22.6 Å². The van der Waals surface area contributed by atoms with Gasteiger partial charge in [0.25, 0.3) is 0 Å². The van der Waals surface area contributed by atoms with Crippen molar-refractivity contribution in [3.63, 3.8) is 0 Å². The van der Waals surface area contributed by atoms with Crippen LogP contribution >= 0.6 is 11.8 Å². The second kappa shape index (κ2) is 10.1. The van der Waals surface area contributed by atoms with Crippen molar-refractivity contribution >= 4 is 23.4 Å². The van der Waals surface area contributed by atoms with Gasteiger partial charge in [-0.15, -0.1) is 10.2 Å². The summed E-state index contributed by atoms with van der Waals surface area (Å²) in [6.45, 7) is 0. The second-order valence-corrected chi connectivity index (χ2v) is 8.60. The van der Waals surface area contributed by atoms with Crippen LogP contribution in [0.3, 0.4) is 0 Å². The van der Waals surface area contributed by atoms with E-state index in [2.05, 4.69) is 20.1 Å². The van der Waals surface area contributed by atoms with Crippen molar-refractivity contribution in [2.24, 2.45) is 0 Å². The number of hydrogen-bond acceptors (Lipinski definition) is 5. The number of hydrogen-bond donors (Lipinski definition) is 1. The summed E-state index contributed by atoms with van der Waals surface area (Å²) in [6.07, 6.45) is 5.58. The second-order valence-electron chi connectivity index (χ2n) is 7.66. The average Bonchev–Trinajstić information content (AvgIpc) is 3.25. The summed E-state index contributed by atoms with van der Waals surface area (Å²) in [5.74, 6) is -0.679. The standard InChI is InChI=1S/C23H24F2N4O2S/c1-31-18-10-7-15(8-11-18)22-27-28-23(29(22)17-5-3-2-4-6-17)32-14-21(30)26-16-9-12-19(24)20(25)13-16/h7-13,17H,2-6,14H2,1H3,(H,26,30). The molecule has 1 N–H and O–H groups in total. The monoisotopic (exact) mass is 458 g/mol. The molecule has 4 rings (SSSR count). The Morgan fingerprint density at radius 3 is 2.53 bits per heavy atom. The molecule has 1 aliphatic carbocycles. The fraction of sp³-hybridized carbons (Fsp3) is 0.348. The average molecular weight is 459 g/mol. The van der Waals surface area contributed by atoms with E-state index in [4.69, 9.17) is 4.74 Å². The van der Waals surface area contributed by atoms with E-state index in [1.807, 2.05) is 24.3 Å². The van der Waals surface area contributed by atoms with Gasteiger partial charge in [0, 0.05) is 23.4 Å². The number of carbonyl (C=O) groups excluding carboxylic acids is 1. The molecule has 0 spiro atoms. The lowest BCUT2D eigenvalue weighted by molar-refractivity contribution is -0.113. The molecule has 1 aliphatic rings. The predicted molar refractivity (Wildman–Crippen MR) is 120 cm³/mol. The highest BCUT2D eigenvalue weighted by molar-refractivity contribution is 7.99. The highest BCUT2D eigenvalue weighted by Gasteiger charge is 2.24. The molecular weight excluding hydrogens is 434 g/mol. The van der Waals surface area contributed by atoms with Gasteiger partial charge in [0.1, 0.15) is 5.75 Å². The van der Waals surface area contributed by atoms with Gasteiger partial charge in [-0.1, -0.05) is 31.0 Å². The first kappa shape index (κ1) is 22.3. The van der Waals surface area contributed by atoms with E-state index in [0.29, 0.717) is 5.16 Å². The number of methoxy groups -OCH3 is 1. The molecule has 0 aliphatic heterocycles. The SMILES string of the molecule is COc1ccc(-c2nnc(SCC(=O)Nc3ccc(F)c(F)c3)n2C2CCCCC2)cc1. The van der Waals surface area contributed by atoms with Crippen molar-refractivity contribution in [2.45, 2.75) is 43.3 Å². The zero-order valence-corrected chi connectivity index (χ0v) is 18.5. The van der Waals surface area contributed by atoms with Crippen molar-refractivity contribution in [3.05, 3.63) is 54.1 Å². The summed E-state index contributed by atoms with van der Waals surface area (Å²) in [6, 6.07) is 11.2. The molecule has 0 atom stereocenters. The highest BCUT2D eigenvalue weighted by atomic mass is 32.2. The molecule has 2 aromatic carbocycles. The summed E-state index contributed by atoms with van der Waals surface area (Å²) in [5.41, 5.74) is 1.14. The summed E-state index contributed by atoms with van der Waals surface area (Å²) < 4.78 is 33.9. The lowest BCUT2D eigenvalue weighted by Crippen LogP contribution is -2.17. The maximum absolute atomic E-state index is 13.4. The summed E-state index contributed by atoms with van der Waals surface area (Å²) in [4.78, 5) is 12.4. The van der Waals surface area contributed by atoms with Gasteiger partial charge in [-0.2, -0.15) is 0 Å². The number of nitrogens with one attached hydrogen (secondary N) is 1. The Balaban J connectivity index is 1.52. The van der Waals surface area contributed by atoms with E-state index >= 15 is 0 Å². The minimum Gasteiger partial charge on any atom is -0.497 e. The summed E-state index contributed by atoms with van der Waals surface area (Å²) in [5, 5.41) is 12.1. The number of aromatic nitrogens is 3. The minimum absolute atomic E-state index is 0.0759. The van der Waals surface area contributed by atoms with Crippen LogP contribution in [0.5, 0.6) is 5.75 Å². The molecule has 1 saturated carbocycles. The van der Waals surface area contributed by atoms with Crippen molar-refractivity contribution in [2.75, 3.05) is 18.2 Å². The van der Waals surface area contributed by atoms with Crippen molar-refractivity contribution in [3.8, 4) is 17.1 Å². The van der Waals surface area contributed by atoms with E-state index in [0.717, 1.165) is 55.0 Å². The van der Waals surface area contributed by atoms with Crippen LogP contribution in [0, 0.1) is 11.6 Å². The molecule has 0 radical (unpaired) electrons. The first-order valence-corrected chi connectivity index (χ1v) is 11.5. The van der Waals surface area contributed by atoms with E-state index in [1.165, 1.54) is 24.2 Å². The number of halogens is 2. The molecule has 0 unspecified atom stereocenters. The van der Waals surface area contributed by atoms with E-state index < -0.39 is 11.6 Å². The molecule has 6 nitrogen and oxygen atoms in total. The fourth-order valence-electron chi connectivity index (χ4n) is 3.88. The van der Waals surface area contributed by atoms with Crippen LogP contribution in [-0.2, 0) is 4.79 Å². The Hall–Kier alpha value is -2.94. The minimum atomic E-state index is -1.00. The van der Waals surface area contributed by atoms with Crippen molar-refractivity contribution < 1.29 is 18.3 Å². The van der Waals surface area contributed by atoms with Gasteiger partial charge < -0.3 is 10.1 Å². The number of benzene rings is 2. The Labute approximate surface area is 189 Å². The third-order valence-corrected chi connectivity index (χ3v) is 6.43. The number of thioether (sulfide) groups is 1. The number of ether oxygens (including phenoxy) is 1. The van der Waals surface area contributed by atoms with Crippen LogP contribution in [0.2, 0.25) is 0 Å². The number of anilines is 1. The third-order valence-electron chi connectivity index (χ3n) is 5.49. The first-order chi connectivity index (χ1) is 15.5. The van der Waals surface area contributed by atoms with Gasteiger partial charge >= 0.3 is 0 Å².